The van der Waals surface area contributed by atoms with Crippen molar-refractivity contribution in [2.75, 3.05) is 12.5 Å². The lowest BCUT2D eigenvalue weighted by atomic mass is 9.99. The highest BCUT2D eigenvalue weighted by atomic mass is 35.5. The number of ether oxygens (including phenoxy) is 1. The second kappa shape index (κ2) is 5.53. The largest absolute Gasteiger partial charge is 0.493 e. The molecular formula is C12H17ClN2O. The highest BCUT2D eigenvalue weighted by molar-refractivity contribution is 6.17. The fourth-order valence-corrected chi connectivity index (χ4v) is 2.28. The van der Waals surface area contributed by atoms with E-state index in [9.17, 15) is 0 Å². The molecule has 1 unspecified atom stereocenters. The molecule has 1 aromatic carbocycles. The Kier molecular flexibility index (Phi) is 4.04. The van der Waals surface area contributed by atoms with Gasteiger partial charge < -0.3 is 4.74 Å². The Morgan fingerprint density at radius 1 is 1.50 bits per heavy atom. The van der Waals surface area contributed by atoms with Crippen LogP contribution < -0.4 is 16.0 Å². The number of hydrogen-bond acceptors (Lipinski definition) is 3. The van der Waals surface area contributed by atoms with Crippen molar-refractivity contribution in [3.8, 4) is 5.75 Å². The van der Waals surface area contributed by atoms with Crippen molar-refractivity contribution in [3.05, 3.63) is 29.3 Å². The number of alkyl halides is 1. The molecule has 3 nitrogen and oxygen atoms in total. The van der Waals surface area contributed by atoms with Gasteiger partial charge in [-0.3, -0.25) is 11.3 Å². The van der Waals surface area contributed by atoms with Gasteiger partial charge in [-0.15, -0.1) is 11.6 Å². The van der Waals surface area contributed by atoms with Crippen molar-refractivity contribution in [2.45, 2.75) is 25.3 Å². The standard InChI is InChI=1S/C12H17ClN2O/c13-7-2-5-11(15-14)10-4-1-3-9-6-8-16-12(9)10/h1,3-4,11,15H,2,5-8,14H2. The number of rotatable bonds is 5. The number of benzene rings is 1. The monoisotopic (exact) mass is 240 g/mol. The van der Waals surface area contributed by atoms with E-state index in [0.29, 0.717) is 5.88 Å². The summed E-state index contributed by atoms with van der Waals surface area (Å²) in [5, 5.41) is 0. The van der Waals surface area contributed by atoms with Gasteiger partial charge in [0, 0.05) is 23.9 Å². The first-order valence-corrected chi connectivity index (χ1v) is 6.17. The first-order valence-electron chi connectivity index (χ1n) is 5.63. The maximum atomic E-state index is 5.71. The fraction of sp³-hybridized carbons (Fsp3) is 0.500. The second-order valence-corrected chi connectivity index (χ2v) is 4.36. The molecule has 0 fully saturated rings. The molecule has 0 saturated carbocycles. The predicted octanol–water partition coefficient (Wildman–Crippen LogP) is 2.14. The molecule has 0 spiro atoms. The van der Waals surface area contributed by atoms with Crippen LogP contribution in [0.4, 0.5) is 0 Å². The minimum Gasteiger partial charge on any atom is -0.493 e. The van der Waals surface area contributed by atoms with E-state index in [2.05, 4.69) is 23.6 Å². The van der Waals surface area contributed by atoms with Gasteiger partial charge in [0.2, 0.25) is 0 Å². The quantitative estimate of drug-likeness (QED) is 0.471. The summed E-state index contributed by atoms with van der Waals surface area (Å²) >= 11 is 5.71. The summed E-state index contributed by atoms with van der Waals surface area (Å²) in [5.41, 5.74) is 5.28. The number of hydrazine groups is 1. The molecule has 1 heterocycles. The minimum atomic E-state index is 0.131. The van der Waals surface area contributed by atoms with Crippen LogP contribution in [0.25, 0.3) is 0 Å². The van der Waals surface area contributed by atoms with Gasteiger partial charge in [-0.1, -0.05) is 18.2 Å². The summed E-state index contributed by atoms with van der Waals surface area (Å²) in [7, 11) is 0. The molecule has 0 amide bonds. The maximum Gasteiger partial charge on any atom is 0.127 e. The highest BCUT2D eigenvalue weighted by Gasteiger charge is 2.20. The van der Waals surface area contributed by atoms with Crippen LogP contribution in [0, 0.1) is 0 Å². The van der Waals surface area contributed by atoms with Crippen molar-refractivity contribution in [2.24, 2.45) is 5.84 Å². The summed E-state index contributed by atoms with van der Waals surface area (Å²) in [6.07, 6.45) is 2.87. The van der Waals surface area contributed by atoms with Gasteiger partial charge in [0.05, 0.1) is 6.61 Å². The Morgan fingerprint density at radius 3 is 3.12 bits per heavy atom. The Labute approximate surface area is 101 Å². The zero-order valence-electron chi connectivity index (χ0n) is 9.21. The molecule has 0 aromatic heterocycles. The maximum absolute atomic E-state index is 5.71. The van der Waals surface area contributed by atoms with Gasteiger partial charge in [-0.2, -0.15) is 0 Å². The second-order valence-electron chi connectivity index (χ2n) is 3.98. The smallest absolute Gasteiger partial charge is 0.127 e. The molecular weight excluding hydrogens is 224 g/mol. The molecule has 3 N–H and O–H groups in total. The van der Waals surface area contributed by atoms with E-state index in [1.165, 1.54) is 5.56 Å². The van der Waals surface area contributed by atoms with Gasteiger partial charge in [-0.25, -0.2) is 0 Å². The van der Waals surface area contributed by atoms with Gasteiger partial charge in [-0.05, 0) is 18.4 Å². The van der Waals surface area contributed by atoms with Crippen LogP contribution >= 0.6 is 11.6 Å². The lowest BCUT2D eigenvalue weighted by molar-refractivity contribution is 0.346. The first kappa shape index (κ1) is 11.7. The third-order valence-electron chi connectivity index (χ3n) is 2.95. The van der Waals surface area contributed by atoms with Crippen LogP contribution in [0.2, 0.25) is 0 Å². The number of nitrogens with two attached hydrogens (primary N) is 1. The molecule has 2 rings (SSSR count). The van der Waals surface area contributed by atoms with Gasteiger partial charge in [0.1, 0.15) is 5.75 Å². The third-order valence-corrected chi connectivity index (χ3v) is 3.22. The van der Waals surface area contributed by atoms with E-state index in [-0.39, 0.29) is 6.04 Å². The lowest BCUT2D eigenvalue weighted by Gasteiger charge is -2.18. The lowest BCUT2D eigenvalue weighted by Crippen LogP contribution is -2.28. The Balaban J connectivity index is 2.21. The Morgan fingerprint density at radius 2 is 2.38 bits per heavy atom. The highest BCUT2D eigenvalue weighted by Crippen LogP contribution is 2.34. The molecule has 0 radical (unpaired) electrons. The number of hydrogen-bond donors (Lipinski definition) is 2. The van der Waals surface area contributed by atoms with E-state index in [4.69, 9.17) is 22.2 Å². The number of para-hydroxylation sites is 1. The SMILES string of the molecule is NNC(CCCCl)c1cccc2c1OCC2. The van der Waals surface area contributed by atoms with Crippen molar-refractivity contribution >= 4 is 11.6 Å². The normalized spacial score (nSPS) is 15.6. The molecule has 1 aromatic rings. The Bertz CT molecular complexity index is 357. The summed E-state index contributed by atoms with van der Waals surface area (Å²) in [6, 6.07) is 6.38. The minimum absolute atomic E-state index is 0.131. The molecule has 16 heavy (non-hydrogen) atoms. The molecule has 88 valence electrons. The van der Waals surface area contributed by atoms with Crippen molar-refractivity contribution in [3.63, 3.8) is 0 Å². The van der Waals surface area contributed by atoms with E-state index >= 15 is 0 Å². The molecule has 0 bridgehead atoms. The van der Waals surface area contributed by atoms with Gasteiger partial charge in [0.15, 0.2) is 0 Å². The van der Waals surface area contributed by atoms with E-state index in [1.54, 1.807) is 0 Å². The molecule has 1 aliphatic heterocycles. The topological polar surface area (TPSA) is 47.3 Å². The zero-order chi connectivity index (χ0) is 11.4. The van der Waals surface area contributed by atoms with Crippen LogP contribution in [0.5, 0.6) is 5.75 Å². The van der Waals surface area contributed by atoms with Crippen molar-refractivity contribution in [1.29, 1.82) is 0 Å². The molecule has 1 aliphatic rings. The van der Waals surface area contributed by atoms with Crippen molar-refractivity contribution < 1.29 is 4.74 Å². The summed E-state index contributed by atoms with van der Waals surface area (Å²) in [6.45, 7) is 0.777. The van der Waals surface area contributed by atoms with E-state index < -0.39 is 0 Å². The number of halogens is 1. The van der Waals surface area contributed by atoms with Crippen LogP contribution in [0.3, 0.4) is 0 Å². The summed E-state index contributed by atoms with van der Waals surface area (Å²) in [5.74, 6) is 7.27. The fourth-order valence-electron chi connectivity index (χ4n) is 2.12. The van der Waals surface area contributed by atoms with E-state index in [1.807, 2.05) is 0 Å². The number of fused-ring (bicyclic) bond motifs is 1. The van der Waals surface area contributed by atoms with Crippen LogP contribution in [0.15, 0.2) is 18.2 Å². The average Bonchev–Trinajstić information content (AvgIpc) is 2.78. The molecule has 4 heteroatoms. The number of nitrogens with one attached hydrogen (secondary N) is 1. The van der Waals surface area contributed by atoms with Gasteiger partial charge >= 0.3 is 0 Å². The van der Waals surface area contributed by atoms with Gasteiger partial charge in [0.25, 0.3) is 0 Å². The predicted molar refractivity (Wildman–Crippen MR) is 65.7 cm³/mol. The third kappa shape index (κ3) is 2.32. The van der Waals surface area contributed by atoms with Crippen molar-refractivity contribution in [1.82, 2.24) is 5.43 Å². The zero-order valence-corrected chi connectivity index (χ0v) is 9.96. The van der Waals surface area contributed by atoms with Crippen LogP contribution in [-0.2, 0) is 6.42 Å². The molecule has 1 atom stereocenters. The average molecular weight is 241 g/mol. The molecule has 0 saturated heterocycles. The summed E-state index contributed by atoms with van der Waals surface area (Å²) < 4.78 is 5.66. The van der Waals surface area contributed by atoms with Crippen LogP contribution in [0.1, 0.15) is 30.0 Å². The summed E-state index contributed by atoms with van der Waals surface area (Å²) in [4.78, 5) is 0. The molecule has 0 aliphatic carbocycles. The Hall–Kier alpha value is -0.770. The van der Waals surface area contributed by atoms with E-state index in [0.717, 1.165) is 37.2 Å². The first-order chi connectivity index (χ1) is 7.86. The van der Waals surface area contributed by atoms with Crippen LogP contribution in [-0.4, -0.2) is 12.5 Å².